The van der Waals surface area contributed by atoms with Crippen LogP contribution in [-0.4, -0.2) is 44.4 Å². The Hall–Kier alpha value is -1.78. The summed E-state index contributed by atoms with van der Waals surface area (Å²) >= 11 is 0. The van der Waals surface area contributed by atoms with Crippen molar-refractivity contribution in [2.24, 2.45) is 0 Å². The van der Waals surface area contributed by atoms with Crippen LogP contribution >= 0.6 is 0 Å². The van der Waals surface area contributed by atoms with Gasteiger partial charge in [0, 0.05) is 12.8 Å². The van der Waals surface area contributed by atoms with E-state index < -0.39 is 63.8 Å². The summed E-state index contributed by atoms with van der Waals surface area (Å²) in [6.45, 7) is 1.35. The zero-order chi connectivity index (χ0) is 25.6. The topological polar surface area (TPSA) is 43.4 Å². The Kier molecular flexibility index (Phi) is 7.25. The van der Waals surface area contributed by atoms with Crippen LogP contribution in [0.2, 0.25) is 0 Å². The average molecular weight is 518 g/mol. The summed E-state index contributed by atoms with van der Waals surface area (Å²) in [4.78, 5) is -1.32. The molecule has 1 aromatic carbocycles. The van der Waals surface area contributed by atoms with Gasteiger partial charge in [-0.3, -0.25) is 0 Å². The maximum Gasteiger partial charge on any atom is 0.440 e. The van der Waals surface area contributed by atoms with Crippen LogP contribution in [0.15, 0.2) is 29.2 Å². The van der Waals surface area contributed by atoms with Gasteiger partial charge in [0.15, 0.2) is 0 Å². The Morgan fingerprint density at radius 1 is 0.688 bits per heavy atom. The standard InChI is InChI=1S/C15H11F13O3S/c1-8-2-4-9(5-3-8)32(29,30)31-15(27,28)14(25,26)13(23,24)12(21,22)10(16,17)6-7-11(18,19)20/h2-5H,6-7H2,1H3. The lowest BCUT2D eigenvalue weighted by Crippen LogP contribution is -2.67. The number of hydrogen-bond acceptors (Lipinski definition) is 3. The maximum absolute atomic E-state index is 13.7. The first-order valence-electron chi connectivity index (χ1n) is 7.89. The zero-order valence-corrected chi connectivity index (χ0v) is 16.1. The van der Waals surface area contributed by atoms with E-state index >= 15 is 0 Å². The summed E-state index contributed by atoms with van der Waals surface area (Å²) in [5.74, 6) is -29.5. The largest absolute Gasteiger partial charge is 0.440 e. The van der Waals surface area contributed by atoms with Gasteiger partial charge in [0.05, 0.1) is 4.90 Å². The molecule has 0 atom stereocenters. The van der Waals surface area contributed by atoms with Crippen molar-refractivity contribution in [2.75, 3.05) is 0 Å². The molecule has 0 unspecified atom stereocenters. The predicted octanol–water partition coefficient (Wildman–Crippen LogP) is 6.18. The normalized spacial score (nSPS) is 15.2. The second kappa shape index (κ2) is 8.22. The molecular formula is C15H11F13O3S. The van der Waals surface area contributed by atoms with Crippen LogP contribution < -0.4 is 0 Å². The predicted molar refractivity (Wildman–Crippen MR) is 79.5 cm³/mol. The van der Waals surface area contributed by atoms with E-state index in [1.165, 1.54) is 6.92 Å². The minimum atomic E-state index is -7.78. The van der Waals surface area contributed by atoms with Gasteiger partial charge in [-0.1, -0.05) is 17.7 Å². The van der Waals surface area contributed by atoms with Crippen molar-refractivity contribution in [2.45, 2.75) is 60.6 Å². The molecule has 3 nitrogen and oxygen atoms in total. The molecular weight excluding hydrogens is 507 g/mol. The molecule has 0 aliphatic heterocycles. The summed E-state index contributed by atoms with van der Waals surface area (Å²) in [6, 6.07) is 2.79. The highest BCUT2D eigenvalue weighted by Gasteiger charge is 2.87. The van der Waals surface area contributed by atoms with E-state index in [1.807, 2.05) is 0 Å². The maximum atomic E-state index is 13.7. The lowest BCUT2D eigenvalue weighted by molar-refractivity contribution is -0.431. The molecule has 17 heteroatoms. The molecule has 186 valence electrons. The Labute approximate surface area is 171 Å². The third kappa shape index (κ3) is 5.23. The van der Waals surface area contributed by atoms with Crippen molar-refractivity contribution in [3.05, 3.63) is 29.8 Å². The number of rotatable bonds is 9. The molecule has 0 aliphatic carbocycles. The molecule has 0 N–H and O–H groups in total. The quantitative estimate of drug-likeness (QED) is 0.290. The lowest BCUT2D eigenvalue weighted by Gasteiger charge is -2.38. The number of halogens is 13. The molecule has 0 aliphatic rings. The van der Waals surface area contributed by atoms with E-state index in [0.29, 0.717) is 17.7 Å². The minimum Gasteiger partial charge on any atom is -0.200 e. The smallest absolute Gasteiger partial charge is 0.200 e. The van der Waals surface area contributed by atoms with E-state index in [1.54, 1.807) is 0 Å². The zero-order valence-electron chi connectivity index (χ0n) is 15.3. The summed E-state index contributed by atoms with van der Waals surface area (Å²) < 4.78 is 197. The monoisotopic (exact) mass is 518 g/mol. The van der Waals surface area contributed by atoms with Gasteiger partial charge in [0.2, 0.25) is 0 Å². The van der Waals surface area contributed by atoms with Gasteiger partial charge >= 0.3 is 46.1 Å². The molecule has 0 saturated heterocycles. The number of alkyl halides is 13. The van der Waals surface area contributed by atoms with Crippen LogP contribution in [0.5, 0.6) is 0 Å². The molecule has 0 saturated carbocycles. The molecule has 1 aromatic rings. The fraction of sp³-hybridized carbons (Fsp3) is 0.600. The summed E-state index contributed by atoms with van der Waals surface area (Å²) in [5, 5.41) is 0. The molecule has 0 spiro atoms. The van der Waals surface area contributed by atoms with Crippen molar-refractivity contribution >= 4 is 10.1 Å². The first-order valence-corrected chi connectivity index (χ1v) is 9.30. The van der Waals surface area contributed by atoms with Crippen LogP contribution in [0, 0.1) is 6.92 Å². The number of hydrogen-bond donors (Lipinski definition) is 0. The highest BCUT2D eigenvalue weighted by Crippen LogP contribution is 2.58. The third-order valence-corrected chi connectivity index (χ3v) is 5.14. The number of aryl methyl sites for hydroxylation is 1. The van der Waals surface area contributed by atoms with Gasteiger partial charge in [-0.25, -0.2) is 0 Å². The van der Waals surface area contributed by atoms with Crippen LogP contribution in [0.3, 0.4) is 0 Å². The highest BCUT2D eigenvalue weighted by molar-refractivity contribution is 7.86. The van der Waals surface area contributed by atoms with E-state index in [9.17, 15) is 65.5 Å². The first-order chi connectivity index (χ1) is 13.9. The van der Waals surface area contributed by atoms with E-state index in [-0.39, 0.29) is 0 Å². The molecule has 0 radical (unpaired) electrons. The van der Waals surface area contributed by atoms with Crippen LogP contribution in [0.4, 0.5) is 57.1 Å². The van der Waals surface area contributed by atoms with Crippen molar-refractivity contribution in [1.29, 1.82) is 0 Å². The van der Waals surface area contributed by atoms with Gasteiger partial charge in [-0.15, -0.1) is 0 Å². The third-order valence-electron chi connectivity index (χ3n) is 3.86. The SMILES string of the molecule is Cc1ccc(S(=O)(=O)OC(F)(F)C(F)(F)C(F)(F)C(F)(F)C(F)(F)CCC(F)(F)F)cc1. The van der Waals surface area contributed by atoms with Crippen LogP contribution in [-0.2, 0) is 14.3 Å². The molecule has 0 bridgehead atoms. The van der Waals surface area contributed by atoms with Gasteiger partial charge < -0.3 is 0 Å². The van der Waals surface area contributed by atoms with Crippen molar-refractivity contribution < 1.29 is 69.7 Å². The fourth-order valence-electron chi connectivity index (χ4n) is 2.01. The van der Waals surface area contributed by atoms with Gasteiger partial charge in [0.1, 0.15) is 0 Å². The molecule has 0 fully saturated rings. The van der Waals surface area contributed by atoms with Crippen molar-refractivity contribution in [3.63, 3.8) is 0 Å². The van der Waals surface area contributed by atoms with E-state index in [2.05, 4.69) is 4.18 Å². The van der Waals surface area contributed by atoms with E-state index in [4.69, 9.17) is 0 Å². The summed E-state index contributed by atoms with van der Waals surface area (Å²) in [6.07, 6.45) is -18.7. The minimum absolute atomic E-state index is 0.299. The summed E-state index contributed by atoms with van der Waals surface area (Å²) in [5.41, 5.74) is 0.299. The van der Waals surface area contributed by atoms with Gasteiger partial charge in [-0.2, -0.15) is 69.7 Å². The van der Waals surface area contributed by atoms with Gasteiger partial charge in [0.25, 0.3) is 0 Å². The molecule has 0 amide bonds. The van der Waals surface area contributed by atoms with Gasteiger partial charge in [-0.05, 0) is 19.1 Å². The van der Waals surface area contributed by atoms with Crippen molar-refractivity contribution in [3.8, 4) is 0 Å². The Bertz CT molecular complexity index is 905. The Balaban J connectivity index is 3.35. The molecule has 32 heavy (non-hydrogen) atoms. The van der Waals surface area contributed by atoms with Crippen LogP contribution in [0.25, 0.3) is 0 Å². The lowest BCUT2D eigenvalue weighted by atomic mass is 9.95. The van der Waals surface area contributed by atoms with Crippen LogP contribution in [0.1, 0.15) is 18.4 Å². The second-order valence-corrected chi connectivity index (χ2v) is 7.96. The molecule has 0 aromatic heterocycles. The molecule has 0 heterocycles. The average Bonchev–Trinajstić information content (AvgIpc) is 2.58. The summed E-state index contributed by atoms with van der Waals surface area (Å²) in [7, 11) is -6.03. The van der Waals surface area contributed by atoms with Crippen molar-refractivity contribution in [1.82, 2.24) is 0 Å². The second-order valence-electron chi connectivity index (χ2n) is 6.41. The number of benzene rings is 1. The molecule has 1 rings (SSSR count). The Morgan fingerprint density at radius 2 is 1.12 bits per heavy atom. The van der Waals surface area contributed by atoms with E-state index in [0.717, 1.165) is 12.1 Å². The first kappa shape index (κ1) is 28.3. The highest BCUT2D eigenvalue weighted by atomic mass is 32.2. The Morgan fingerprint density at radius 3 is 1.53 bits per heavy atom. The fourth-order valence-corrected chi connectivity index (χ4v) is 2.95.